The van der Waals surface area contributed by atoms with Crippen LogP contribution in [0.2, 0.25) is 0 Å². The lowest BCUT2D eigenvalue weighted by atomic mass is 10.1. The van der Waals surface area contributed by atoms with Crippen LogP contribution in [0.1, 0.15) is 61.2 Å². The summed E-state index contributed by atoms with van der Waals surface area (Å²) in [6.07, 6.45) is 6.03. The molecule has 1 aromatic heterocycles. The topological polar surface area (TPSA) is 70.1 Å². The van der Waals surface area contributed by atoms with Crippen LogP contribution in [-0.2, 0) is 0 Å². The quantitative estimate of drug-likeness (QED) is 0.862. The van der Waals surface area contributed by atoms with E-state index in [4.69, 9.17) is 5.73 Å². The van der Waals surface area contributed by atoms with E-state index in [-0.39, 0.29) is 11.7 Å². The Hall–Kier alpha value is -1.54. The summed E-state index contributed by atoms with van der Waals surface area (Å²) in [5, 5.41) is 10.3. The highest BCUT2D eigenvalue weighted by atomic mass is 32.1. The fraction of sp³-hybridized carbons (Fsp3) is 0.625. The highest BCUT2D eigenvalue weighted by Gasteiger charge is 2.25. The van der Waals surface area contributed by atoms with Crippen LogP contribution in [0.5, 0.6) is 0 Å². The van der Waals surface area contributed by atoms with Crippen molar-refractivity contribution in [3.05, 3.63) is 10.4 Å². The highest BCUT2D eigenvalue weighted by molar-refractivity contribution is 7.19. The third-order valence-electron chi connectivity index (χ3n) is 3.93. The number of hydrogen-bond donors (Lipinski definition) is 1. The molecule has 1 aliphatic heterocycles. The molecular formula is C16H23N3OS. The zero-order chi connectivity index (χ0) is 15.4. The van der Waals surface area contributed by atoms with Gasteiger partial charge in [-0.3, -0.25) is 4.79 Å². The second kappa shape index (κ2) is 6.95. The van der Waals surface area contributed by atoms with Gasteiger partial charge in [0.1, 0.15) is 16.6 Å². The fourth-order valence-electron chi connectivity index (χ4n) is 2.66. The normalized spacial score (nSPS) is 16.4. The van der Waals surface area contributed by atoms with E-state index in [0.29, 0.717) is 16.1 Å². The maximum Gasteiger partial charge on any atom is 0.177 e. The minimum atomic E-state index is -0.0994. The van der Waals surface area contributed by atoms with E-state index in [1.54, 1.807) is 0 Å². The van der Waals surface area contributed by atoms with Gasteiger partial charge in [0.25, 0.3) is 0 Å². The Bertz CT molecular complexity index is 549. The van der Waals surface area contributed by atoms with Crippen LogP contribution in [0.3, 0.4) is 0 Å². The predicted molar refractivity (Wildman–Crippen MR) is 87.9 cm³/mol. The Labute approximate surface area is 130 Å². The van der Waals surface area contributed by atoms with Crippen LogP contribution < -0.4 is 10.6 Å². The summed E-state index contributed by atoms with van der Waals surface area (Å²) >= 11 is 1.40. The summed E-state index contributed by atoms with van der Waals surface area (Å²) in [5.41, 5.74) is 6.93. The van der Waals surface area contributed by atoms with Crippen molar-refractivity contribution < 1.29 is 4.79 Å². The Morgan fingerprint density at radius 3 is 2.33 bits per heavy atom. The lowest BCUT2D eigenvalue weighted by Gasteiger charge is -2.25. The number of nitriles is 1. The zero-order valence-electron chi connectivity index (χ0n) is 12.8. The fourth-order valence-corrected chi connectivity index (χ4v) is 3.97. The minimum Gasteiger partial charge on any atom is -0.396 e. The van der Waals surface area contributed by atoms with Gasteiger partial charge in [-0.05, 0) is 12.8 Å². The summed E-state index contributed by atoms with van der Waals surface area (Å²) in [6, 6.07) is 2.20. The molecule has 0 radical (unpaired) electrons. The van der Waals surface area contributed by atoms with Gasteiger partial charge in [0.15, 0.2) is 5.78 Å². The van der Waals surface area contributed by atoms with Gasteiger partial charge in [-0.15, -0.1) is 11.3 Å². The molecule has 1 saturated heterocycles. The van der Waals surface area contributed by atoms with E-state index in [2.05, 4.69) is 11.0 Å². The number of nitrogen functional groups attached to an aromatic ring is 1. The molecule has 4 nitrogen and oxygen atoms in total. The molecule has 0 atom stereocenters. The molecule has 0 aliphatic carbocycles. The first-order valence-electron chi connectivity index (χ1n) is 7.67. The molecule has 2 rings (SSSR count). The van der Waals surface area contributed by atoms with Gasteiger partial charge in [0, 0.05) is 19.0 Å². The number of carbonyl (C=O) groups is 1. The maximum atomic E-state index is 12.3. The van der Waals surface area contributed by atoms with E-state index in [0.717, 1.165) is 30.9 Å². The summed E-state index contributed by atoms with van der Waals surface area (Å²) in [5.74, 6) is -0.0648. The Morgan fingerprint density at radius 1 is 1.24 bits per heavy atom. The van der Waals surface area contributed by atoms with Crippen molar-refractivity contribution in [2.45, 2.75) is 46.0 Å². The average molecular weight is 305 g/mol. The van der Waals surface area contributed by atoms with E-state index >= 15 is 0 Å². The molecular weight excluding hydrogens is 282 g/mol. The molecule has 0 spiro atoms. The number of nitrogens with two attached hydrogens (primary N) is 1. The standard InChI is InChI=1S/C16H23N3OS/c1-11(2)14(20)15-13(18)12(10-17)16(21-15)19-8-6-4-3-5-7-9-19/h11H,3-9,18H2,1-2H3. The number of anilines is 2. The van der Waals surface area contributed by atoms with Gasteiger partial charge in [-0.25, -0.2) is 0 Å². The maximum absolute atomic E-state index is 12.3. The summed E-state index contributed by atoms with van der Waals surface area (Å²) < 4.78 is 0. The van der Waals surface area contributed by atoms with Gasteiger partial charge >= 0.3 is 0 Å². The van der Waals surface area contributed by atoms with E-state index in [1.807, 2.05) is 13.8 Å². The Morgan fingerprint density at radius 2 is 1.81 bits per heavy atom. The largest absolute Gasteiger partial charge is 0.396 e. The molecule has 2 heterocycles. The van der Waals surface area contributed by atoms with Crippen LogP contribution in [0.4, 0.5) is 10.7 Å². The summed E-state index contributed by atoms with van der Waals surface area (Å²) in [4.78, 5) is 15.1. The molecule has 1 aromatic rings. The number of rotatable bonds is 3. The van der Waals surface area contributed by atoms with Crippen LogP contribution in [0, 0.1) is 17.2 Å². The van der Waals surface area contributed by atoms with Crippen LogP contribution in [0.15, 0.2) is 0 Å². The molecule has 0 saturated carbocycles. The third-order valence-corrected chi connectivity index (χ3v) is 5.21. The van der Waals surface area contributed by atoms with E-state index in [1.165, 1.54) is 30.6 Å². The molecule has 0 amide bonds. The lowest BCUT2D eigenvalue weighted by molar-refractivity contribution is 0.0944. The van der Waals surface area contributed by atoms with Crippen molar-refractivity contribution in [1.29, 1.82) is 5.26 Å². The second-order valence-corrected chi connectivity index (χ2v) is 6.91. The predicted octanol–water partition coefficient (Wildman–Crippen LogP) is 3.81. The van der Waals surface area contributed by atoms with Crippen LogP contribution >= 0.6 is 11.3 Å². The van der Waals surface area contributed by atoms with E-state index in [9.17, 15) is 10.1 Å². The van der Waals surface area contributed by atoms with Crippen molar-refractivity contribution >= 4 is 27.8 Å². The van der Waals surface area contributed by atoms with Crippen LogP contribution in [0.25, 0.3) is 0 Å². The smallest absolute Gasteiger partial charge is 0.177 e. The lowest BCUT2D eigenvalue weighted by Crippen LogP contribution is -2.26. The number of hydrogen-bond acceptors (Lipinski definition) is 5. The average Bonchev–Trinajstić information content (AvgIpc) is 2.74. The van der Waals surface area contributed by atoms with Crippen LogP contribution in [-0.4, -0.2) is 18.9 Å². The van der Waals surface area contributed by atoms with Gasteiger partial charge < -0.3 is 10.6 Å². The van der Waals surface area contributed by atoms with Crippen molar-refractivity contribution in [3.63, 3.8) is 0 Å². The van der Waals surface area contributed by atoms with Gasteiger partial charge in [-0.2, -0.15) is 5.26 Å². The molecule has 114 valence electrons. The molecule has 5 heteroatoms. The third kappa shape index (κ3) is 3.38. The molecule has 0 bridgehead atoms. The first kappa shape index (κ1) is 15.8. The number of Topliss-reactive ketones (excluding diaryl/α,β-unsaturated/α-hetero) is 1. The second-order valence-electron chi connectivity index (χ2n) is 5.91. The molecule has 1 fully saturated rings. The summed E-state index contributed by atoms with van der Waals surface area (Å²) in [7, 11) is 0. The molecule has 21 heavy (non-hydrogen) atoms. The molecule has 1 aliphatic rings. The van der Waals surface area contributed by atoms with Crippen molar-refractivity contribution in [2.75, 3.05) is 23.7 Å². The summed E-state index contributed by atoms with van der Waals surface area (Å²) in [6.45, 7) is 5.63. The zero-order valence-corrected chi connectivity index (χ0v) is 13.6. The number of ketones is 1. The Kier molecular flexibility index (Phi) is 5.24. The van der Waals surface area contributed by atoms with Gasteiger partial charge in [0.05, 0.1) is 10.6 Å². The Balaban J connectivity index is 2.36. The highest BCUT2D eigenvalue weighted by Crippen LogP contribution is 2.39. The molecule has 0 aromatic carbocycles. The molecule has 2 N–H and O–H groups in total. The van der Waals surface area contributed by atoms with Crippen molar-refractivity contribution in [1.82, 2.24) is 0 Å². The first-order chi connectivity index (χ1) is 10.1. The van der Waals surface area contributed by atoms with Gasteiger partial charge in [0.2, 0.25) is 0 Å². The van der Waals surface area contributed by atoms with E-state index < -0.39 is 0 Å². The first-order valence-corrected chi connectivity index (χ1v) is 8.49. The monoisotopic (exact) mass is 305 g/mol. The number of nitrogens with zero attached hydrogens (tertiary/aromatic N) is 2. The van der Waals surface area contributed by atoms with Gasteiger partial charge in [-0.1, -0.05) is 33.1 Å². The SMILES string of the molecule is CC(C)C(=O)c1sc(N2CCCCCCC2)c(C#N)c1N. The van der Waals surface area contributed by atoms with Crippen molar-refractivity contribution in [2.24, 2.45) is 5.92 Å². The minimum absolute atomic E-state index is 0.0345. The van der Waals surface area contributed by atoms with Crippen molar-refractivity contribution in [3.8, 4) is 6.07 Å². The molecule has 0 unspecified atom stereocenters. The number of carbonyl (C=O) groups excluding carboxylic acids is 1. The number of thiophene rings is 1.